The van der Waals surface area contributed by atoms with Crippen LogP contribution in [0.15, 0.2) is 18.2 Å². The van der Waals surface area contributed by atoms with Gasteiger partial charge in [0.25, 0.3) is 5.91 Å². The van der Waals surface area contributed by atoms with E-state index in [1.165, 1.54) is 6.07 Å². The summed E-state index contributed by atoms with van der Waals surface area (Å²) in [5.74, 6) is -1.09. The summed E-state index contributed by atoms with van der Waals surface area (Å²) in [6, 6.07) is 3.42. The minimum Gasteiger partial charge on any atom is -0.348 e. The number of carbonyl (C=O) groups excluding carboxylic acids is 1. The molecule has 1 saturated heterocycles. The van der Waals surface area contributed by atoms with Gasteiger partial charge in [0.05, 0.1) is 17.5 Å². The Labute approximate surface area is 129 Å². The predicted molar refractivity (Wildman–Crippen MR) is 82.8 cm³/mol. The Hall–Kier alpha value is -1.67. The highest BCUT2D eigenvalue weighted by Crippen LogP contribution is 2.19. The molecule has 0 aromatic heterocycles. The van der Waals surface area contributed by atoms with Crippen molar-refractivity contribution in [2.24, 2.45) is 0 Å². The van der Waals surface area contributed by atoms with Crippen molar-refractivity contribution < 1.29 is 17.6 Å². The van der Waals surface area contributed by atoms with Crippen LogP contribution in [-0.2, 0) is 10.0 Å². The van der Waals surface area contributed by atoms with Gasteiger partial charge in [0.1, 0.15) is 5.82 Å². The van der Waals surface area contributed by atoms with Crippen LogP contribution in [-0.4, -0.2) is 39.2 Å². The average molecular weight is 329 g/mol. The summed E-state index contributed by atoms with van der Waals surface area (Å²) in [4.78, 5) is 12.4. The van der Waals surface area contributed by atoms with Crippen molar-refractivity contribution >= 4 is 21.6 Å². The highest BCUT2D eigenvalue weighted by molar-refractivity contribution is 7.92. The Morgan fingerprint density at radius 2 is 2.14 bits per heavy atom. The fourth-order valence-corrected chi connectivity index (χ4v) is 3.06. The van der Waals surface area contributed by atoms with Gasteiger partial charge in [-0.1, -0.05) is 0 Å². The molecular weight excluding hydrogens is 309 g/mol. The largest absolute Gasteiger partial charge is 0.348 e. The second-order valence-electron chi connectivity index (χ2n) is 5.53. The van der Waals surface area contributed by atoms with Crippen LogP contribution in [0.3, 0.4) is 0 Å². The van der Waals surface area contributed by atoms with E-state index in [2.05, 4.69) is 15.4 Å². The van der Waals surface area contributed by atoms with E-state index in [9.17, 15) is 17.6 Å². The van der Waals surface area contributed by atoms with Gasteiger partial charge in [-0.25, -0.2) is 12.8 Å². The molecule has 0 saturated carbocycles. The van der Waals surface area contributed by atoms with Gasteiger partial charge in [-0.3, -0.25) is 9.52 Å². The zero-order valence-electron chi connectivity index (χ0n) is 12.5. The van der Waals surface area contributed by atoms with Crippen molar-refractivity contribution in [3.63, 3.8) is 0 Å². The fourth-order valence-electron chi connectivity index (χ4n) is 2.48. The molecule has 0 spiro atoms. The van der Waals surface area contributed by atoms with Crippen molar-refractivity contribution in [2.45, 2.75) is 31.8 Å². The first kappa shape index (κ1) is 16.7. The molecule has 0 radical (unpaired) electrons. The third kappa shape index (κ3) is 4.41. The molecule has 1 fully saturated rings. The monoisotopic (exact) mass is 329 g/mol. The number of piperidine rings is 1. The Balaban J connectivity index is 2.22. The van der Waals surface area contributed by atoms with E-state index in [0.29, 0.717) is 0 Å². The number of amides is 1. The lowest BCUT2D eigenvalue weighted by atomic mass is 9.99. The lowest BCUT2D eigenvalue weighted by molar-refractivity contribution is 0.0920. The lowest BCUT2D eigenvalue weighted by Crippen LogP contribution is -2.52. The van der Waals surface area contributed by atoms with Crippen LogP contribution >= 0.6 is 0 Å². The lowest BCUT2D eigenvalue weighted by Gasteiger charge is -2.30. The van der Waals surface area contributed by atoms with Crippen molar-refractivity contribution in [1.29, 1.82) is 0 Å². The van der Waals surface area contributed by atoms with Crippen molar-refractivity contribution in [1.82, 2.24) is 10.6 Å². The van der Waals surface area contributed by atoms with E-state index in [0.717, 1.165) is 37.8 Å². The summed E-state index contributed by atoms with van der Waals surface area (Å²) >= 11 is 0. The van der Waals surface area contributed by atoms with Gasteiger partial charge >= 0.3 is 0 Å². The topological polar surface area (TPSA) is 87.3 Å². The molecule has 122 valence electrons. The maximum absolute atomic E-state index is 13.4. The minimum absolute atomic E-state index is 0.0248. The van der Waals surface area contributed by atoms with Crippen LogP contribution in [0.1, 0.15) is 30.1 Å². The molecule has 1 aromatic rings. The first-order valence-corrected chi connectivity index (χ1v) is 8.97. The number of halogens is 1. The molecule has 2 atom stereocenters. The smallest absolute Gasteiger partial charge is 0.253 e. The molecule has 22 heavy (non-hydrogen) atoms. The van der Waals surface area contributed by atoms with E-state index in [1.54, 1.807) is 0 Å². The SMILES string of the molecule is CC1NCCCC1NC(=O)c1cc(F)ccc1NS(C)(=O)=O. The van der Waals surface area contributed by atoms with E-state index in [-0.39, 0.29) is 23.3 Å². The molecule has 1 aromatic carbocycles. The van der Waals surface area contributed by atoms with Crippen LogP contribution in [0.4, 0.5) is 10.1 Å². The molecule has 3 N–H and O–H groups in total. The van der Waals surface area contributed by atoms with E-state index in [1.807, 2.05) is 6.92 Å². The van der Waals surface area contributed by atoms with Crippen LogP contribution in [0.2, 0.25) is 0 Å². The van der Waals surface area contributed by atoms with Crippen LogP contribution in [0.25, 0.3) is 0 Å². The van der Waals surface area contributed by atoms with Gasteiger partial charge in [0.2, 0.25) is 10.0 Å². The van der Waals surface area contributed by atoms with Gasteiger partial charge in [0, 0.05) is 12.1 Å². The predicted octanol–water partition coefficient (Wildman–Crippen LogP) is 1.07. The molecule has 2 unspecified atom stereocenters. The standard InChI is InChI=1S/C14H20FN3O3S/c1-9-12(4-3-7-16-9)17-14(19)11-8-10(15)5-6-13(11)18-22(2,20)21/h5-6,8-9,12,16,18H,3-4,7H2,1-2H3,(H,17,19). The molecule has 8 heteroatoms. The zero-order valence-corrected chi connectivity index (χ0v) is 13.3. The molecule has 6 nitrogen and oxygen atoms in total. The summed E-state index contributed by atoms with van der Waals surface area (Å²) in [5.41, 5.74) is 0.0426. The van der Waals surface area contributed by atoms with Gasteiger partial charge in [0.15, 0.2) is 0 Å². The number of nitrogens with one attached hydrogen (secondary N) is 3. The number of carbonyl (C=O) groups is 1. The van der Waals surface area contributed by atoms with Gasteiger partial charge in [-0.05, 0) is 44.5 Å². The summed E-state index contributed by atoms with van der Waals surface area (Å²) in [7, 11) is -3.55. The highest BCUT2D eigenvalue weighted by Gasteiger charge is 2.24. The van der Waals surface area contributed by atoms with Gasteiger partial charge in [-0.2, -0.15) is 0 Å². The summed E-state index contributed by atoms with van der Waals surface area (Å²) in [6.07, 6.45) is 2.74. The van der Waals surface area contributed by atoms with Crippen LogP contribution in [0.5, 0.6) is 0 Å². The van der Waals surface area contributed by atoms with Crippen LogP contribution in [0, 0.1) is 5.82 Å². The first-order valence-electron chi connectivity index (χ1n) is 7.08. The quantitative estimate of drug-likeness (QED) is 0.771. The molecule has 1 aliphatic rings. The summed E-state index contributed by atoms with van der Waals surface area (Å²) < 4.78 is 38.4. The molecule has 1 amide bonds. The van der Waals surface area contributed by atoms with Crippen LogP contribution < -0.4 is 15.4 Å². The van der Waals surface area contributed by atoms with E-state index < -0.39 is 21.7 Å². The van der Waals surface area contributed by atoms with Crippen molar-refractivity contribution in [3.8, 4) is 0 Å². The second-order valence-corrected chi connectivity index (χ2v) is 7.28. The molecule has 0 aliphatic carbocycles. The van der Waals surface area contributed by atoms with Gasteiger partial charge < -0.3 is 10.6 Å². The Kier molecular flexibility index (Phi) is 5.02. The minimum atomic E-state index is -3.55. The number of hydrogen-bond donors (Lipinski definition) is 3. The Morgan fingerprint density at radius 3 is 2.77 bits per heavy atom. The molecule has 0 bridgehead atoms. The van der Waals surface area contributed by atoms with E-state index in [4.69, 9.17) is 0 Å². The number of rotatable bonds is 4. The number of anilines is 1. The van der Waals surface area contributed by atoms with E-state index >= 15 is 0 Å². The molecule has 2 rings (SSSR count). The molecule has 1 heterocycles. The summed E-state index contributed by atoms with van der Waals surface area (Å²) in [6.45, 7) is 2.86. The third-order valence-corrected chi connectivity index (χ3v) is 4.19. The Bertz CT molecular complexity index is 663. The number of sulfonamides is 1. The average Bonchev–Trinajstić information content (AvgIpc) is 2.42. The summed E-state index contributed by atoms with van der Waals surface area (Å²) in [5, 5.41) is 6.09. The molecule has 1 aliphatic heterocycles. The second kappa shape index (κ2) is 6.62. The maximum atomic E-state index is 13.4. The first-order chi connectivity index (χ1) is 10.3. The fraction of sp³-hybridized carbons (Fsp3) is 0.500. The highest BCUT2D eigenvalue weighted by atomic mass is 32.2. The molecular formula is C14H20FN3O3S. The van der Waals surface area contributed by atoms with Crippen molar-refractivity contribution in [2.75, 3.05) is 17.5 Å². The number of hydrogen-bond acceptors (Lipinski definition) is 4. The van der Waals surface area contributed by atoms with Gasteiger partial charge in [-0.15, -0.1) is 0 Å². The normalized spacial score (nSPS) is 22.1. The maximum Gasteiger partial charge on any atom is 0.253 e. The number of benzene rings is 1. The van der Waals surface area contributed by atoms with Crippen molar-refractivity contribution in [3.05, 3.63) is 29.6 Å². The zero-order chi connectivity index (χ0) is 16.3. The third-order valence-electron chi connectivity index (χ3n) is 3.60. The Morgan fingerprint density at radius 1 is 1.41 bits per heavy atom.